The first kappa shape index (κ1) is 76.5. The number of carboxylic acids is 1. The number of carboxylic acid groups (broad SMARTS) is 1. The number of hydrogen-bond donors (Lipinski definition) is 18. The van der Waals surface area contributed by atoms with Crippen molar-refractivity contribution in [2.24, 2.45) is 17.2 Å². The fourth-order valence-electron chi connectivity index (χ4n) is 9.08. The van der Waals surface area contributed by atoms with E-state index < -0.39 is 194 Å². The molecule has 0 aromatic heterocycles. The maximum Gasteiger partial charge on any atom is 0.331 e. The van der Waals surface area contributed by atoms with Crippen molar-refractivity contribution in [3.63, 3.8) is 0 Å². The molecule has 1 aliphatic heterocycles. The van der Waals surface area contributed by atoms with Gasteiger partial charge in [-0.25, -0.2) is 4.79 Å². The predicted octanol–water partition coefficient (Wildman–Crippen LogP) is -4.58. The SMILES string of the molecule is C/C=C1/NC(=O)C([C@H](C)O)NC(=O)[C@H](CCN)NC(=O)C([C@H](O)C(=O)NC2CCC2)NC(=O)C(CCCCN)NC(=O)[C@H](CC(=O)O)NC(=O)C(CCN)NC(=O)C(NC(=O)C[C@H](O)CCCCCCCCCCC)COC(=O)C([C@H](O)CCl)NC1=O. The van der Waals surface area contributed by atoms with Crippen molar-refractivity contribution in [1.29, 1.82) is 0 Å². The molecule has 21 N–H and O–H groups in total. The second-order valence-corrected chi connectivity index (χ2v) is 22.0. The summed E-state index contributed by atoms with van der Waals surface area (Å²) in [4.78, 5) is 166. The molecule has 2 rings (SSSR count). The number of unbranched alkanes of at least 4 members (excludes halogenated alkanes) is 9. The number of aliphatic hydroxyl groups is 4. The summed E-state index contributed by atoms with van der Waals surface area (Å²) in [5.41, 5.74) is 16.7. The van der Waals surface area contributed by atoms with Crippen molar-refractivity contribution in [1.82, 2.24) is 53.2 Å². The van der Waals surface area contributed by atoms with Crippen molar-refractivity contribution in [2.75, 3.05) is 32.1 Å². The van der Waals surface area contributed by atoms with Gasteiger partial charge in [0.1, 0.15) is 54.6 Å². The molecule has 6 unspecified atom stereocenters. The monoisotopic (exact) mass is 1260 g/mol. The van der Waals surface area contributed by atoms with Crippen LogP contribution in [0.4, 0.5) is 0 Å². The van der Waals surface area contributed by atoms with E-state index in [-0.39, 0.29) is 45.3 Å². The maximum atomic E-state index is 14.3. The first-order valence-corrected chi connectivity index (χ1v) is 30.4. The van der Waals surface area contributed by atoms with E-state index in [0.717, 1.165) is 70.8 Å². The van der Waals surface area contributed by atoms with Gasteiger partial charge in [0.2, 0.25) is 47.3 Å². The normalized spacial score (nSPS) is 24.9. The van der Waals surface area contributed by atoms with Crippen LogP contribution < -0.4 is 70.4 Å². The molecule has 10 amide bonds. The van der Waals surface area contributed by atoms with Crippen LogP contribution >= 0.6 is 11.6 Å². The topological polar surface area (TPSA) is 514 Å². The van der Waals surface area contributed by atoms with Gasteiger partial charge < -0.3 is 101 Å². The average molecular weight is 1260 g/mol. The van der Waals surface area contributed by atoms with Crippen LogP contribution in [0.3, 0.4) is 0 Å². The number of aliphatic hydroxyl groups excluding tert-OH is 4. The van der Waals surface area contributed by atoms with Crippen LogP contribution in [0, 0.1) is 0 Å². The van der Waals surface area contributed by atoms with E-state index in [4.69, 9.17) is 33.5 Å². The van der Waals surface area contributed by atoms with Crippen molar-refractivity contribution in [2.45, 2.75) is 228 Å². The molecule has 0 bridgehead atoms. The molecule has 0 radical (unpaired) electrons. The van der Waals surface area contributed by atoms with E-state index in [9.17, 15) is 83.1 Å². The van der Waals surface area contributed by atoms with Gasteiger partial charge in [0, 0.05) is 6.04 Å². The van der Waals surface area contributed by atoms with E-state index >= 15 is 0 Å². The van der Waals surface area contributed by atoms with Crippen LogP contribution in [-0.4, -0.2) is 207 Å². The number of esters is 1. The van der Waals surface area contributed by atoms with E-state index in [0.29, 0.717) is 19.3 Å². The first-order valence-electron chi connectivity index (χ1n) is 29.8. The van der Waals surface area contributed by atoms with E-state index in [1.807, 2.05) is 0 Å². The maximum absolute atomic E-state index is 14.3. The molecule has 1 saturated carbocycles. The zero-order valence-corrected chi connectivity index (χ0v) is 50.7. The molecule has 494 valence electrons. The molecular weight excluding hydrogens is 1170 g/mol. The van der Waals surface area contributed by atoms with Gasteiger partial charge in [0.25, 0.3) is 11.8 Å². The number of hydrogen-bond acceptors (Lipinski definition) is 20. The Morgan fingerprint density at radius 2 is 1.16 bits per heavy atom. The second-order valence-electron chi connectivity index (χ2n) is 21.7. The standard InChI is InChI=1S/C55H94ClN13O18/c1-4-6-7-8-9-10-11-12-13-19-32(71)26-40(73)61-38-29-87-55(86)43(39(72)28-56)68-46(77)33(5-2)62-52(83)42(30(3)70)67-49(80)36(22-25-59)65-53(84)44(45(76)54(85)60-31-17-16-18-31)69-48(79)34(20-14-15-23-57)63-50(81)37(27-41(74)75)66-47(78)35(21-24-58)64-51(38)82/h5,30-32,34-39,42-45,70-72,76H,4,6-29,57-59H2,1-3H3,(H,60,85)(H,61,73)(H,62,83)(H,63,81)(H,64,82)(H,65,84)(H,66,78)(H,67,80)(H,68,77)(H,69,79)(H,74,75)/b33-5+/t30-,32+,34?,35?,36-,37-,38?,39+,42?,43?,44?,45-/m0/s1. The summed E-state index contributed by atoms with van der Waals surface area (Å²) in [5, 5.41) is 76.7. The van der Waals surface area contributed by atoms with Gasteiger partial charge in [-0.15, -0.1) is 11.6 Å². The van der Waals surface area contributed by atoms with E-state index in [1.165, 1.54) is 6.92 Å². The van der Waals surface area contributed by atoms with Gasteiger partial charge >= 0.3 is 11.9 Å². The molecule has 1 saturated heterocycles. The summed E-state index contributed by atoms with van der Waals surface area (Å²) in [6.07, 6.45) is 2.03. The van der Waals surface area contributed by atoms with Gasteiger partial charge in [0.15, 0.2) is 12.1 Å². The molecule has 12 atom stereocenters. The predicted molar refractivity (Wildman–Crippen MR) is 313 cm³/mol. The largest absolute Gasteiger partial charge is 0.481 e. The highest BCUT2D eigenvalue weighted by Crippen LogP contribution is 2.19. The summed E-state index contributed by atoms with van der Waals surface area (Å²) in [5.74, 6) is -16.2. The third-order valence-corrected chi connectivity index (χ3v) is 14.7. The molecule has 1 aliphatic carbocycles. The van der Waals surface area contributed by atoms with Gasteiger partial charge in [-0.2, -0.15) is 0 Å². The first-order chi connectivity index (χ1) is 41.3. The van der Waals surface area contributed by atoms with Crippen LogP contribution in [-0.2, 0) is 62.3 Å². The van der Waals surface area contributed by atoms with Crippen molar-refractivity contribution in [3.8, 4) is 0 Å². The van der Waals surface area contributed by atoms with Crippen LogP contribution in [0.1, 0.15) is 149 Å². The molecule has 87 heavy (non-hydrogen) atoms. The Morgan fingerprint density at radius 3 is 1.69 bits per heavy atom. The van der Waals surface area contributed by atoms with Crippen LogP contribution in [0.2, 0.25) is 0 Å². The Hall–Kier alpha value is -6.61. The average Bonchev–Trinajstić information content (AvgIpc) is 3.27. The summed E-state index contributed by atoms with van der Waals surface area (Å²) < 4.78 is 5.37. The molecule has 0 spiro atoms. The lowest BCUT2D eigenvalue weighted by Crippen LogP contribution is -2.64. The Morgan fingerprint density at radius 1 is 0.632 bits per heavy atom. The molecule has 0 aromatic carbocycles. The number of alkyl halides is 1. The highest BCUT2D eigenvalue weighted by molar-refractivity contribution is 6.18. The highest BCUT2D eigenvalue weighted by atomic mass is 35.5. The zero-order valence-electron chi connectivity index (χ0n) is 49.9. The molecule has 2 fully saturated rings. The molecule has 0 aromatic rings. The minimum absolute atomic E-state index is 0.0826. The third-order valence-electron chi connectivity index (χ3n) is 14.4. The Labute approximate surface area is 511 Å². The Balaban J connectivity index is 2.78. The minimum Gasteiger partial charge on any atom is -0.481 e. The molecule has 31 nitrogen and oxygen atoms in total. The number of carbonyl (C=O) groups is 12. The van der Waals surface area contributed by atoms with E-state index in [2.05, 4.69) is 60.1 Å². The van der Waals surface area contributed by atoms with Gasteiger partial charge in [-0.05, 0) is 91.3 Å². The lowest BCUT2D eigenvalue weighted by molar-refractivity contribution is -0.153. The molecule has 32 heteroatoms. The number of halogens is 1. The summed E-state index contributed by atoms with van der Waals surface area (Å²) in [6, 6.07) is -15.9. The number of aliphatic carboxylic acids is 1. The smallest absolute Gasteiger partial charge is 0.331 e. The summed E-state index contributed by atoms with van der Waals surface area (Å²) >= 11 is 5.92. The fourth-order valence-corrected chi connectivity index (χ4v) is 9.25. The number of nitrogens with one attached hydrogen (secondary N) is 10. The fraction of sp³-hybridized carbons (Fsp3) is 0.745. The third kappa shape index (κ3) is 28.0. The number of cyclic esters (lactones) is 1. The number of carbonyl (C=O) groups excluding carboxylic acids is 11. The number of nitrogens with two attached hydrogens (primary N) is 3. The number of amides is 10. The zero-order chi connectivity index (χ0) is 65.2. The summed E-state index contributed by atoms with van der Waals surface area (Å²) in [6.45, 7) is 2.75. The number of ether oxygens (including phenoxy) is 1. The van der Waals surface area contributed by atoms with Gasteiger partial charge in [-0.1, -0.05) is 70.8 Å². The minimum atomic E-state index is -2.40. The van der Waals surface area contributed by atoms with Crippen LogP contribution in [0.5, 0.6) is 0 Å². The molecular formula is C55H94ClN13O18. The van der Waals surface area contributed by atoms with Crippen molar-refractivity contribution < 1.29 is 87.8 Å². The Kier molecular flexibility index (Phi) is 36.5. The number of rotatable bonds is 29. The van der Waals surface area contributed by atoms with Gasteiger partial charge in [-0.3, -0.25) is 52.7 Å². The summed E-state index contributed by atoms with van der Waals surface area (Å²) in [7, 11) is 0. The molecule has 1 heterocycles. The second kappa shape index (κ2) is 41.5. The van der Waals surface area contributed by atoms with Crippen LogP contribution in [0.25, 0.3) is 0 Å². The van der Waals surface area contributed by atoms with Crippen molar-refractivity contribution >= 4 is 82.6 Å². The van der Waals surface area contributed by atoms with Gasteiger partial charge in [0.05, 0.1) is 37.0 Å². The lowest BCUT2D eigenvalue weighted by Gasteiger charge is -2.31. The van der Waals surface area contributed by atoms with Crippen molar-refractivity contribution in [3.05, 3.63) is 11.8 Å². The highest BCUT2D eigenvalue weighted by Gasteiger charge is 2.41. The van der Waals surface area contributed by atoms with Crippen LogP contribution in [0.15, 0.2) is 11.8 Å². The quantitative estimate of drug-likeness (QED) is 0.0145. The Bertz CT molecular complexity index is 2310. The lowest BCUT2D eigenvalue weighted by atomic mass is 9.92. The van der Waals surface area contributed by atoms with E-state index in [1.54, 1.807) is 0 Å². The molecule has 2 aliphatic rings. The number of allylic oxidation sites excluding steroid dienone is 1.